The third-order valence-corrected chi connectivity index (χ3v) is 5.75. The number of hydrogen-bond donors (Lipinski definition) is 1. The standard InChI is InChI=1S/C26H26N2O2S/c1-19-8-14-22(15-9-19)31-30-17-5-16-27-26-18-25(20-10-12-21(29-2)13-11-20)28-24-7-4-3-6-23(24)26/h3-4,6-15,18H,5,16-17H2,1-2H3,(H,27,28). The number of fused-ring (bicyclic) bond motifs is 1. The van der Waals surface area contributed by atoms with E-state index in [-0.39, 0.29) is 0 Å². The summed E-state index contributed by atoms with van der Waals surface area (Å²) in [6.07, 6.45) is 0.910. The van der Waals surface area contributed by atoms with Crippen LogP contribution in [0.3, 0.4) is 0 Å². The van der Waals surface area contributed by atoms with E-state index >= 15 is 0 Å². The Kier molecular flexibility index (Phi) is 7.07. The number of nitrogens with one attached hydrogen (secondary N) is 1. The molecule has 0 radical (unpaired) electrons. The normalized spacial score (nSPS) is 10.9. The Labute approximate surface area is 187 Å². The number of anilines is 1. The lowest BCUT2D eigenvalue weighted by Gasteiger charge is -2.12. The van der Waals surface area contributed by atoms with Gasteiger partial charge < -0.3 is 14.2 Å². The minimum absolute atomic E-state index is 0.680. The van der Waals surface area contributed by atoms with Gasteiger partial charge in [0.05, 0.1) is 24.9 Å². The topological polar surface area (TPSA) is 43.4 Å². The average molecular weight is 431 g/mol. The van der Waals surface area contributed by atoms with Gasteiger partial charge in [0, 0.05) is 40.1 Å². The Morgan fingerprint density at radius 2 is 1.71 bits per heavy atom. The van der Waals surface area contributed by atoms with Crippen molar-refractivity contribution >= 4 is 28.6 Å². The van der Waals surface area contributed by atoms with Gasteiger partial charge in [-0.3, -0.25) is 0 Å². The summed E-state index contributed by atoms with van der Waals surface area (Å²) in [6, 6.07) is 26.7. The van der Waals surface area contributed by atoms with Crippen LogP contribution in [0.1, 0.15) is 12.0 Å². The van der Waals surface area contributed by atoms with Gasteiger partial charge in [-0.1, -0.05) is 35.9 Å². The van der Waals surface area contributed by atoms with Gasteiger partial charge in [-0.2, -0.15) is 0 Å². The number of aromatic nitrogens is 1. The zero-order chi connectivity index (χ0) is 21.5. The second kappa shape index (κ2) is 10.3. The largest absolute Gasteiger partial charge is 0.497 e. The van der Waals surface area contributed by atoms with E-state index in [1.54, 1.807) is 7.11 Å². The van der Waals surface area contributed by atoms with Crippen molar-refractivity contribution in [1.29, 1.82) is 0 Å². The summed E-state index contributed by atoms with van der Waals surface area (Å²) in [7, 11) is 1.67. The Balaban J connectivity index is 1.39. The van der Waals surface area contributed by atoms with Gasteiger partial charge in [0.25, 0.3) is 0 Å². The third-order valence-electron chi connectivity index (χ3n) is 5.00. The first-order chi connectivity index (χ1) is 15.2. The molecule has 4 nitrogen and oxygen atoms in total. The van der Waals surface area contributed by atoms with Crippen LogP contribution in [-0.2, 0) is 4.18 Å². The molecule has 0 unspecified atom stereocenters. The molecule has 0 spiro atoms. The lowest BCUT2D eigenvalue weighted by molar-refractivity contribution is 0.370. The highest BCUT2D eigenvalue weighted by Gasteiger charge is 2.08. The second-order valence-corrected chi connectivity index (χ2v) is 8.17. The molecular weight excluding hydrogens is 404 g/mol. The van der Waals surface area contributed by atoms with E-state index in [0.29, 0.717) is 6.61 Å². The van der Waals surface area contributed by atoms with Crippen molar-refractivity contribution in [3.05, 3.63) is 84.4 Å². The number of nitrogens with zero attached hydrogens (tertiary/aromatic N) is 1. The summed E-state index contributed by atoms with van der Waals surface area (Å²) < 4.78 is 11.0. The number of methoxy groups -OCH3 is 1. The minimum Gasteiger partial charge on any atom is -0.497 e. The van der Waals surface area contributed by atoms with E-state index in [1.807, 2.05) is 36.4 Å². The van der Waals surface area contributed by atoms with Crippen molar-refractivity contribution in [3.8, 4) is 17.0 Å². The molecule has 0 saturated heterocycles. The SMILES string of the molecule is COc1ccc(-c2cc(NCCCOSc3ccc(C)cc3)c3ccccc3n2)cc1. The molecule has 0 aliphatic carbocycles. The quantitative estimate of drug-likeness (QED) is 0.235. The highest BCUT2D eigenvalue weighted by molar-refractivity contribution is 7.94. The number of ether oxygens (including phenoxy) is 1. The van der Waals surface area contributed by atoms with Gasteiger partial charge in [-0.25, -0.2) is 4.98 Å². The van der Waals surface area contributed by atoms with Gasteiger partial charge in [-0.15, -0.1) is 0 Å². The predicted molar refractivity (Wildman–Crippen MR) is 130 cm³/mol. The maximum Gasteiger partial charge on any atom is 0.118 e. The Morgan fingerprint density at radius 1 is 0.935 bits per heavy atom. The molecule has 0 saturated carbocycles. The number of rotatable bonds is 9. The zero-order valence-electron chi connectivity index (χ0n) is 17.8. The molecule has 4 aromatic rings. The summed E-state index contributed by atoms with van der Waals surface area (Å²) >= 11 is 1.43. The van der Waals surface area contributed by atoms with Crippen LogP contribution in [0.25, 0.3) is 22.2 Å². The van der Waals surface area contributed by atoms with Gasteiger partial charge >= 0.3 is 0 Å². The summed E-state index contributed by atoms with van der Waals surface area (Å²) in [4.78, 5) is 5.98. The summed E-state index contributed by atoms with van der Waals surface area (Å²) in [5.74, 6) is 0.839. The van der Waals surface area contributed by atoms with Crippen LogP contribution >= 0.6 is 12.0 Å². The average Bonchev–Trinajstić information content (AvgIpc) is 2.82. The summed E-state index contributed by atoms with van der Waals surface area (Å²) in [6.45, 7) is 3.59. The van der Waals surface area contributed by atoms with E-state index in [4.69, 9.17) is 13.9 Å². The molecule has 31 heavy (non-hydrogen) atoms. The van der Waals surface area contributed by atoms with Gasteiger partial charge in [-0.05, 0) is 61.9 Å². The molecular formula is C26H26N2O2S. The first-order valence-electron chi connectivity index (χ1n) is 10.4. The van der Waals surface area contributed by atoms with Crippen LogP contribution < -0.4 is 10.1 Å². The van der Waals surface area contributed by atoms with E-state index in [0.717, 1.165) is 51.5 Å². The van der Waals surface area contributed by atoms with E-state index in [2.05, 4.69) is 54.7 Å². The van der Waals surface area contributed by atoms with Crippen molar-refractivity contribution < 1.29 is 8.92 Å². The van der Waals surface area contributed by atoms with E-state index in [9.17, 15) is 0 Å². The van der Waals surface area contributed by atoms with Gasteiger partial charge in [0.1, 0.15) is 5.75 Å². The highest BCUT2D eigenvalue weighted by atomic mass is 32.2. The van der Waals surface area contributed by atoms with Crippen LogP contribution in [0.4, 0.5) is 5.69 Å². The van der Waals surface area contributed by atoms with Crippen molar-refractivity contribution in [1.82, 2.24) is 4.98 Å². The molecule has 0 fully saturated rings. The molecule has 5 heteroatoms. The first-order valence-corrected chi connectivity index (χ1v) is 11.1. The molecule has 0 aliphatic heterocycles. The van der Waals surface area contributed by atoms with Crippen molar-refractivity contribution in [2.75, 3.05) is 25.6 Å². The molecule has 1 heterocycles. The Morgan fingerprint density at radius 3 is 2.48 bits per heavy atom. The van der Waals surface area contributed by atoms with Crippen molar-refractivity contribution in [2.24, 2.45) is 0 Å². The van der Waals surface area contributed by atoms with Crippen LogP contribution in [0, 0.1) is 6.92 Å². The molecule has 0 amide bonds. The zero-order valence-corrected chi connectivity index (χ0v) is 18.6. The van der Waals surface area contributed by atoms with E-state index < -0.39 is 0 Å². The summed E-state index contributed by atoms with van der Waals surface area (Å²) in [5, 5.41) is 4.69. The fourth-order valence-electron chi connectivity index (χ4n) is 3.29. The lowest BCUT2D eigenvalue weighted by Crippen LogP contribution is -2.05. The number of para-hydroxylation sites is 1. The molecule has 4 rings (SSSR count). The number of hydrogen-bond acceptors (Lipinski definition) is 5. The molecule has 0 aliphatic rings. The van der Waals surface area contributed by atoms with Crippen LogP contribution in [-0.4, -0.2) is 25.2 Å². The Hall–Kier alpha value is -3.02. The smallest absolute Gasteiger partial charge is 0.118 e. The lowest BCUT2D eigenvalue weighted by atomic mass is 10.1. The monoisotopic (exact) mass is 430 g/mol. The molecule has 0 atom stereocenters. The maximum atomic E-state index is 5.75. The van der Waals surface area contributed by atoms with Gasteiger partial charge in [0.15, 0.2) is 0 Å². The minimum atomic E-state index is 0.680. The van der Waals surface area contributed by atoms with Crippen LogP contribution in [0.5, 0.6) is 5.75 Å². The number of benzene rings is 3. The summed E-state index contributed by atoms with van der Waals surface area (Å²) in [5.41, 5.74) is 5.32. The number of pyridine rings is 1. The van der Waals surface area contributed by atoms with E-state index in [1.165, 1.54) is 17.6 Å². The third kappa shape index (κ3) is 5.57. The molecule has 158 valence electrons. The highest BCUT2D eigenvalue weighted by Crippen LogP contribution is 2.29. The Bertz CT molecular complexity index is 1130. The van der Waals surface area contributed by atoms with Crippen molar-refractivity contribution in [2.45, 2.75) is 18.2 Å². The van der Waals surface area contributed by atoms with Crippen LogP contribution in [0.15, 0.2) is 83.8 Å². The maximum absolute atomic E-state index is 5.75. The fourth-order valence-corrected chi connectivity index (χ4v) is 3.87. The molecule has 3 aromatic carbocycles. The molecule has 0 bridgehead atoms. The molecule has 1 N–H and O–H groups in total. The molecule has 1 aromatic heterocycles. The second-order valence-electron chi connectivity index (χ2n) is 7.30. The van der Waals surface area contributed by atoms with Gasteiger partial charge in [0.2, 0.25) is 0 Å². The van der Waals surface area contributed by atoms with Crippen LogP contribution in [0.2, 0.25) is 0 Å². The van der Waals surface area contributed by atoms with Crippen molar-refractivity contribution in [3.63, 3.8) is 0 Å². The number of aryl methyl sites for hydroxylation is 1. The fraction of sp³-hybridized carbons (Fsp3) is 0.192. The predicted octanol–water partition coefficient (Wildman–Crippen LogP) is 6.74. The first kappa shape index (κ1) is 21.2.